The lowest BCUT2D eigenvalue weighted by Gasteiger charge is -2.30. The fraction of sp³-hybridized carbons (Fsp3) is 0.647. The van der Waals surface area contributed by atoms with Crippen molar-refractivity contribution in [3.05, 3.63) is 29.6 Å². The summed E-state index contributed by atoms with van der Waals surface area (Å²) < 4.78 is 13.5. The van der Waals surface area contributed by atoms with E-state index in [4.69, 9.17) is 0 Å². The molecule has 1 N–H and O–H groups in total. The predicted octanol–water partition coefficient (Wildman–Crippen LogP) is 4.05. The molecule has 1 rings (SSSR count). The van der Waals surface area contributed by atoms with Gasteiger partial charge in [-0.1, -0.05) is 34.6 Å². The fourth-order valence-corrected chi connectivity index (χ4v) is 2.42. The van der Waals surface area contributed by atoms with Crippen LogP contribution in [0.5, 0.6) is 0 Å². The molecule has 0 heterocycles. The highest BCUT2D eigenvalue weighted by Crippen LogP contribution is 2.24. The van der Waals surface area contributed by atoms with Gasteiger partial charge in [0.2, 0.25) is 0 Å². The number of anilines is 1. The average molecular weight is 280 g/mol. The van der Waals surface area contributed by atoms with E-state index in [0.717, 1.165) is 37.4 Å². The third kappa shape index (κ3) is 5.49. The van der Waals surface area contributed by atoms with Gasteiger partial charge in [0.05, 0.1) is 0 Å². The van der Waals surface area contributed by atoms with E-state index in [1.54, 1.807) is 12.1 Å². The molecule has 0 aliphatic rings. The normalized spacial score (nSPS) is 11.4. The molecule has 2 nitrogen and oxygen atoms in total. The number of hydrogen-bond acceptors (Lipinski definition) is 2. The Balaban J connectivity index is 3.03. The van der Waals surface area contributed by atoms with Crippen molar-refractivity contribution in [2.75, 3.05) is 24.5 Å². The van der Waals surface area contributed by atoms with Crippen LogP contribution in [0.1, 0.15) is 40.2 Å². The molecule has 0 saturated heterocycles. The number of hydrogen-bond donors (Lipinski definition) is 1. The molecule has 0 saturated carbocycles. The van der Waals surface area contributed by atoms with Crippen molar-refractivity contribution in [1.29, 1.82) is 0 Å². The molecule has 0 spiro atoms. The SMILES string of the molecule is CCNCc1cc(F)ccc1N(CC(C)C)CC(C)C. The molecule has 0 unspecified atom stereocenters. The molecule has 114 valence electrons. The largest absolute Gasteiger partial charge is 0.371 e. The van der Waals surface area contributed by atoms with Crippen molar-refractivity contribution < 1.29 is 4.39 Å². The van der Waals surface area contributed by atoms with Gasteiger partial charge in [-0.25, -0.2) is 4.39 Å². The highest BCUT2D eigenvalue weighted by Gasteiger charge is 2.14. The molecule has 20 heavy (non-hydrogen) atoms. The van der Waals surface area contributed by atoms with Gasteiger partial charge in [0.1, 0.15) is 5.82 Å². The van der Waals surface area contributed by atoms with Gasteiger partial charge in [0, 0.05) is 25.3 Å². The van der Waals surface area contributed by atoms with Crippen LogP contribution < -0.4 is 10.2 Å². The van der Waals surface area contributed by atoms with Gasteiger partial charge in [-0.15, -0.1) is 0 Å². The first-order chi connectivity index (χ1) is 9.43. The first-order valence-corrected chi connectivity index (χ1v) is 7.68. The summed E-state index contributed by atoms with van der Waals surface area (Å²) in [5.41, 5.74) is 2.21. The van der Waals surface area contributed by atoms with E-state index in [2.05, 4.69) is 44.8 Å². The van der Waals surface area contributed by atoms with E-state index in [9.17, 15) is 4.39 Å². The zero-order chi connectivity index (χ0) is 15.1. The third-order valence-corrected chi connectivity index (χ3v) is 3.12. The lowest BCUT2D eigenvalue weighted by molar-refractivity contribution is 0.549. The van der Waals surface area contributed by atoms with Crippen LogP contribution in [0.3, 0.4) is 0 Å². The molecule has 0 radical (unpaired) electrons. The quantitative estimate of drug-likeness (QED) is 0.772. The maximum atomic E-state index is 13.5. The summed E-state index contributed by atoms with van der Waals surface area (Å²) in [6.45, 7) is 14.6. The first-order valence-electron chi connectivity index (χ1n) is 7.68. The van der Waals surface area contributed by atoms with Gasteiger partial charge >= 0.3 is 0 Å². The predicted molar refractivity (Wildman–Crippen MR) is 85.7 cm³/mol. The Hall–Kier alpha value is -1.09. The Kier molecular flexibility index (Phi) is 7.00. The zero-order valence-electron chi connectivity index (χ0n) is 13.5. The Morgan fingerprint density at radius 2 is 1.70 bits per heavy atom. The van der Waals surface area contributed by atoms with Crippen LogP contribution in [0, 0.1) is 17.7 Å². The van der Waals surface area contributed by atoms with E-state index >= 15 is 0 Å². The Labute approximate surface area is 123 Å². The van der Waals surface area contributed by atoms with Crippen molar-refractivity contribution in [2.45, 2.75) is 41.2 Å². The molecule has 0 aromatic heterocycles. The van der Waals surface area contributed by atoms with Gasteiger partial charge in [-0.05, 0) is 42.1 Å². The second-order valence-corrected chi connectivity index (χ2v) is 6.25. The van der Waals surface area contributed by atoms with Crippen LogP contribution >= 0.6 is 0 Å². The van der Waals surface area contributed by atoms with Crippen LogP contribution in [0.2, 0.25) is 0 Å². The minimum atomic E-state index is -0.157. The molecule has 3 heteroatoms. The molecule has 0 atom stereocenters. The summed E-state index contributed by atoms with van der Waals surface area (Å²) in [5.74, 6) is 1.02. The number of benzene rings is 1. The lowest BCUT2D eigenvalue weighted by atomic mass is 10.1. The highest BCUT2D eigenvalue weighted by molar-refractivity contribution is 5.54. The summed E-state index contributed by atoms with van der Waals surface area (Å²) >= 11 is 0. The van der Waals surface area contributed by atoms with Crippen molar-refractivity contribution in [2.24, 2.45) is 11.8 Å². The molecular weight excluding hydrogens is 251 g/mol. The number of rotatable bonds is 8. The summed E-state index contributed by atoms with van der Waals surface area (Å²) in [6.07, 6.45) is 0. The van der Waals surface area contributed by atoms with Crippen LogP contribution in [-0.2, 0) is 6.54 Å². The van der Waals surface area contributed by atoms with E-state index in [-0.39, 0.29) is 5.82 Å². The zero-order valence-corrected chi connectivity index (χ0v) is 13.5. The van der Waals surface area contributed by atoms with E-state index in [1.807, 2.05) is 6.07 Å². The van der Waals surface area contributed by atoms with Crippen LogP contribution in [0.25, 0.3) is 0 Å². The van der Waals surface area contributed by atoms with Crippen molar-refractivity contribution >= 4 is 5.69 Å². The molecule has 0 aliphatic carbocycles. The molecule has 0 bridgehead atoms. The number of halogens is 1. The maximum absolute atomic E-state index is 13.5. The summed E-state index contributed by atoms with van der Waals surface area (Å²) in [7, 11) is 0. The number of nitrogens with one attached hydrogen (secondary N) is 1. The summed E-state index contributed by atoms with van der Waals surface area (Å²) in [6, 6.07) is 5.15. The highest BCUT2D eigenvalue weighted by atomic mass is 19.1. The van der Waals surface area contributed by atoms with Gasteiger partial charge in [-0.3, -0.25) is 0 Å². The summed E-state index contributed by atoms with van der Waals surface area (Å²) in [5, 5.41) is 3.30. The van der Waals surface area contributed by atoms with Crippen LogP contribution in [0.4, 0.5) is 10.1 Å². The van der Waals surface area contributed by atoms with Gasteiger partial charge in [0.25, 0.3) is 0 Å². The smallest absolute Gasteiger partial charge is 0.123 e. The minimum Gasteiger partial charge on any atom is -0.371 e. The average Bonchev–Trinajstić information content (AvgIpc) is 2.34. The summed E-state index contributed by atoms with van der Waals surface area (Å²) in [4.78, 5) is 2.39. The van der Waals surface area contributed by atoms with Crippen LogP contribution in [-0.4, -0.2) is 19.6 Å². The lowest BCUT2D eigenvalue weighted by Crippen LogP contribution is -2.32. The fourth-order valence-electron chi connectivity index (χ4n) is 2.42. The monoisotopic (exact) mass is 280 g/mol. The molecule has 1 aromatic rings. The molecule has 0 fully saturated rings. The second kappa shape index (κ2) is 8.25. The van der Waals surface area contributed by atoms with Crippen LogP contribution in [0.15, 0.2) is 18.2 Å². The van der Waals surface area contributed by atoms with Crippen molar-refractivity contribution in [3.8, 4) is 0 Å². The van der Waals surface area contributed by atoms with E-state index in [0.29, 0.717) is 11.8 Å². The first kappa shape index (κ1) is 17.0. The second-order valence-electron chi connectivity index (χ2n) is 6.25. The Morgan fingerprint density at radius 3 is 2.20 bits per heavy atom. The minimum absolute atomic E-state index is 0.157. The van der Waals surface area contributed by atoms with E-state index < -0.39 is 0 Å². The molecule has 0 amide bonds. The molecular formula is C17H29FN2. The third-order valence-electron chi connectivity index (χ3n) is 3.12. The van der Waals surface area contributed by atoms with Crippen molar-refractivity contribution in [1.82, 2.24) is 5.32 Å². The molecule has 1 aromatic carbocycles. The number of nitrogens with zero attached hydrogens (tertiary/aromatic N) is 1. The maximum Gasteiger partial charge on any atom is 0.123 e. The van der Waals surface area contributed by atoms with Gasteiger partial charge in [0.15, 0.2) is 0 Å². The standard InChI is InChI=1S/C17H29FN2/c1-6-19-10-15-9-16(18)7-8-17(15)20(11-13(2)3)12-14(4)5/h7-9,13-14,19H,6,10-12H2,1-5H3. The Bertz CT molecular complexity index is 392. The van der Waals surface area contributed by atoms with Crippen molar-refractivity contribution in [3.63, 3.8) is 0 Å². The van der Waals surface area contributed by atoms with Gasteiger partial charge in [-0.2, -0.15) is 0 Å². The van der Waals surface area contributed by atoms with Gasteiger partial charge < -0.3 is 10.2 Å². The Morgan fingerprint density at radius 1 is 1.10 bits per heavy atom. The molecule has 0 aliphatic heterocycles. The van der Waals surface area contributed by atoms with E-state index in [1.165, 1.54) is 0 Å². The topological polar surface area (TPSA) is 15.3 Å².